The molecule has 1 aliphatic heterocycles. The first-order valence-corrected chi connectivity index (χ1v) is 6.08. The molecule has 17 heavy (non-hydrogen) atoms. The van der Waals surface area contributed by atoms with Gasteiger partial charge in [-0.05, 0) is 32.1 Å². The molecule has 0 N–H and O–H groups in total. The number of ether oxygens (including phenoxy) is 1. The molecule has 0 spiro atoms. The Morgan fingerprint density at radius 2 is 2.29 bits per heavy atom. The van der Waals surface area contributed by atoms with Gasteiger partial charge in [-0.15, -0.1) is 0 Å². The molecule has 1 amide bonds. The van der Waals surface area contributed by atoms with Gasteiger partial charge in [0.25, 0.3) is 0 Å². The van der Waals surface area contributed by atoms with Crippen molar-refractivity contribution < 1.29 is 19.1 Å². The lowest BCUT2D eigenvalue weighted by Crippen LogP contribution is -2.54. The smallest absolute Gasteiger partial charge is 0.316 e. The summed E-state index contributed by atoms with van der Waals surface area (Å²) in [4.78, 5) is 36.2. The van der Waals surface area contributed by atoms with E-state index < -0.39 is 17.9 Å². The minimum Gasteiger partial charge on any atom is -0.465 e. The zero-order chi connectivity index (χ0) is 12.4. The van der Waals surface area contributed by atoms with E-state index in [1.54, 1.807) is 6.92 Å². The molecule has 0 aromatic rings. The summed E-state index contributed by atoms with van der Waals surface area (Å²) >= 11 is 0. The van der Waals surface area contributed by atoms with Gasteiger partial charge in [0.2, 0.25) is 6.41 Å². The first-order valence-electron chi connectivity index (χ1n) is 6.08. The van der Waals surface area contributed by atoms with Crippen molar-refractivity contribution in [2.75, 3.05) is 13.2 Å². The van der Waals surface area contributed by atoms with E-state index in [0.29, 0.717) is 31.7 Å². The van der Waals surface area contributed by atoms with Gasteiger partial charge in [-0.1, -0.05) is 0 Å². The average molecular weight is 239 g/mol. The zero-order valence-electron chi connectivity index (χ0n) is 9.93. The number of ketones is 1. The number of amides is 1. The van der Waals surface area contributed by atoms with Crippen LogP contribution in [0, 0.1) is 11.8 Å². The number of Topliss-reactive ketones (excluding diaryl/α,β-unsaturated/α-hetero) is 1. The molecule has 3 atom stereocenters. The molecular formula is C12H17NO4. The first kappa shape index (κ1) is 12.1. The van der Waals surface area contributed by atoms with Crippen LogP contribution in [0.4, 0.5) is 0 Å². The molecule has 3 unspecified atom stereocenters. The SMILES string of the molecule is CCOC(=O)C1CC2CCN(C=O)C(C2)C1=O. The Balaban J connectivity index is 2.13. The molecule has 1 saturated carbocycles. The molecule has 1 saturated heterocycles. The van der Waals surface area contributed by atoms with Crippen LogP contribution in [0.25, 0.3) is 0 Å². The Hall–Kier alpha value is -1.39. The fraction of sp³-hybridized carbons (Fsp3) is 0.750. The van der Waals surface area contributed by atoms with Crippen molar-refractivity contribution in [1.82, 2.24) is 4.90 Å². The molecule has 2 bridgehead atoms. The Bertz CT molecular complexity index is 341. The molecule has 2 aliphatic rings. The Morgan fingerprint density at radius 1 is 1.53 bits per heavy atom. The van der Waals surface area contributed by atoms with Gasteiger partial charge in [-0.25, -0.2) is 0 Å². The van der Waals surface area contributed by atoms with Gasteiger partial charge in [0, 0.05) is 6.54 Å². The van der Waals surface area contributed by atoms with Crippen LogP contribution in [-0.4, -0.2) is 42.3 Å². The van der Waals surface area contributed by atoms with Crippen LogP contribution in [0.3, 0.4) is 0 Å². The van der Waals surface area contributed by atoms with Crippen molar-refractivity contribution in [3.63, 3.8) is 0 Å². The topological polar surface area (TPSA) is 63.7 Å². The van der Waals surface area contributed by atoms with Crippen LogP contribution in [0.5, 0.6) is 0 Å². The van der Waals surface area contributed by atoms with Crippen LogP contribution < -0.4 is 0 Å². The molecule has 1 aliphatic carbocycles. The highest BCUT2D eigenvalue weighted by atomic mass is 16.5. The van der Waals surface area contributed by atoms with Gasteiger partial charge in [-0.2, -0.15) is 0 Å². The molecule has 0 aromatic carbocycles. The minimum atomic E-state index is -0.665. The van der Waals surface area contributed by atoms with E-state index in [4.69, 9.17) is 4.74 Å². The molecule has 2 fully saturated rings. The summed E-state index contributed by atoms with van der Waals surface area (Å²) in [6.07, 6.45) is 2.87. The molecular weight excluding hydrogens is 222 g/mol. The zero-order valence-corrected chi connectivity index (χ0v) is 9.93. The molecule has 0 aromatic heterocycles. The normalized spacial score (nSPS) is 32.2. The fourth-order valence-electron chi connectivity index (χ4n) is 2.81. The number of hydrogen-bond donors (Lipinski definition) is 0. The Kier molecular flexibility index (Phi) is 3.45. The number of carbonyl (C=O) groups excluding carboxylic acids is 3. The summed E-state index contributed by atoms with van der Waals surface area (Å²) < 4.78 is 4.92. The van der Waals surface area contributed by atoms with Crippen molar-refractivity contribution in [2.45, 2.75) is 32.2 Å². The lowest BCUT2D eigenvalue weighted by molar-refractivity contribution is -0.158. The maximum atomic E-state index is 12.1. The molecule has 2 rings (SSSR count). The third-order valence-electron chi connectivity index (χ3n) is 3.70. The average Bonchev–Trinajstić information content (AvgIpc) is 2.34. The lowest BCUT2D eigenvalue weighted by atomic mass is 9.73. The van der Waals surface area contributed by atoms with Crippen molar-refractivity contribution in [3.05, 3.63) is 0 Å². The Morgan fingerprint density at radius 3 is 2.94 bits per heavy atom. The number of hydrogen-bond acceptors (Lipinski definition) is 4. The van der Waals surface area contributed by atoms with E-state index in [0.717, 1.165) is 6.42 Å². The number of carbonyl (C=O) groups is 3. The second-order valence-corrected chi connectivity index (χ2v) is 4.69. The van der Waals surface area contributed by atoms with Crippen LogP contribution in [0.2, 0.25) is 0 Å². The number of esters is 1. The fourth-order valence-corrected chi connectivity index (χ4v) is 2.81. The van der Waals surface area contributed by atoms with Gasteiger partial charge in [0.05, 0.1) is 12.6 Å². The maximum absolute atomic E-state index is 12.1. The number of fused-ring (bicyclic) bond motifs is 2. The summed E-state index contributed by atoms with van der Waals surface area (Å²) in [6, 6.07) is -0.408. The van der Waals surface area contributed by atoms with Gasteiger partial charge in [0.15, 0.2) is 5.78 Å². The summed E-state index contributed by atoms with van der Waals surface area (Å²) in [5.74, 6) is -0.879. The van der Waals surface area contributed by atoms with Gasteiger partial charge in [-0.3, -0.25) is 14.4 Å². The highest BCUT2D eigenvalue weighted by Gasteiger charge is 2.45. The van der Waals surface area contributed by atoms with E-state index in [1.807, 2.05) is 0 Å². The third kappa shape index (κ3) is 2.18. The number of nitrogens with zero attached hydrogens (tertiary/aromatic N) is 1. The summed E-state index contributed by atoms with van der Waals surface area (Å²) in [5, 5.41) is 0. The Labute approximate surface area is 100 Å². The number of piperidine rings is 1. The largest absolute Gasteiger partial charge is 0.465 e. The van der Waals surface area contributed by atoms with E-state index in [1.165, 1.54) is 4.90 Å². The molecule has 94 valence electrons. The molecule has 0 radical (unpaired) electrons. The summed E-state index contributed by atoms with van der Waals surface area (Å²) in [5.41, 5.74) is 0. The lowest BCUT2D eigenvalue weighted by Gasteiger charge is -2.42. The highest BCUT2D eigenvalue weighted by molar-refractivity contribution is 6.03. The molecule has 5 nitrogen and oxygen atoms in total. The molecule has 1 heterocycles. The standard InChI is InChI=1S/C12H17NO4/c1-2-17-12(16)9-5-8-3-4-13(7-14)10(6-8)11(9)15/h7-10H,2-6H2,1H3. The van der Waals surface area contributed by atoms with Crippen LogP contribution in [0.15, 0.2) is 0 Å². The van der Waals surface area contributed by atoms with E-state index in [-0.39, 0.29) is 12.4 Å². The highest BCUT2D eigenvalue weighted by Crippen LogP contribution is 2.35. The van der Waals surface area contributed by atoms with Crippen molar-refractivity contribution in [1.29, 1.82) is 0 Å². The van der Waals surface area contributed by atoms with Crippen LogP contribution >= 0.6 is 0 Å². The summed E-state index contributed by atoms with van der Waals surface area (Å²) in [7, 11) is 0. The first-order chi connectivity index (χ1) is 8.17. The number of rotatable bonds is 3. The third-order valence-corrected chi connectivity index (χ3v) is 3.70. The van der Waals surface area contributed by atoms with E-state index >= 15 is 0 Å². The summed E-state index contributed by atoms with van der Waals surface area (Å²) in [6.45, 7) is 2.64. The quantitative estimate of drug-likeness (QED) is 0.405. The van der Waals surface area contributed by atoms with Gasteiger partial charge >= 0.3 is 5.97 Å². The molecule has 5 heteroatoms. The van der Waals surface area contributed by atoms with Crippen molar-refractivity contribution >= 4 is 18.2 Å². The van der Waals surface area contributed by atoms with E-state index in [9.17, 15) is 14.4 Å². The van der Waals surface area contributed by atoms with E-state index in [2.05, 4.69) is 0 Å². The van der Waals surface area contributed by atoms with Crippen LogP contribution in [0.1, 0.15) is 26.2 Å². The maximum Gasteiger partial charge on any atom is 0.316 e. The van der Waals surface area contributed by atoms with Gasteiger partial charge < -0.3 is 9.64 Å². The second-order valence-electron chi connectivity index (χ2n) is 4.69. The number of likely N-dealkylation sites (tertiary alicyclic amines) is 1. The predicted molar refractivity (Wildman–Crippen MR) is 59.0 cm³/mol. The minimum absolute atomic E-state index is 0.147. The predicted octanol–water partition coefficient (Wildman–Crippen LogP) is 0.375. The second kappa shape index (κ2) is 4.85. The van der Waals surface area contributed by atoms with Crippen LogP contribution in [-0.2, 0) is 19.1 Å². The monoisotopic (exact) mass is 239 g/mol. The van der Waals surface area contributed by atoms with Crippen molar-refractivity contribution in [3.8, 4) is 0 Å². The van der Waals surface area contributed by atoms with Crippen molar-refractivity contribution in [2.24, 2.45) is 11.8 Å². The van der Waals surface area contributed by atoms with Gasteiger partial charge in [0.1, 0.15) is 5.92 Å².